The number of aryl methyl sites for hydroxylation is 1. The van der Waals surface area contributed by atoms with Crippen molar-refractivity contribution in [2.45, 2.75) is 20.3 Å². The number of alkyl halides is 1. The predicted molar refractivity (Wildman–Crippen MR) is 63.7 cm³/mol. The Labute approximate surface area is 98.9 Å². The molecule has 1 aromatic heterocycles. The zero-order valence-electron chi connectivity index (χ0n) is 8.92. The monoisotopic (exact) mass is 246 g/mol. The van der Waals surface area contributed by atoms with Crippen LogP contribution in [0.4, 0.5) is 0 Å². The maximum atomic E-state index is 11.6. The summed E-state index contributed by atoms with van der Waals surface area (Å²) in [5.74, 6) is 1.01. The lowest BCUT2D eigenvalue weighted by atomic mass is 10.1. The van der Waals surface area contributed by atoms with Gasteiger partial charge in [0.05, 0.1) is 11.2 Å². The van der Waals surface area contributed by atoms with Crippen LogP contribution in [0, 0.1) is 12.8 Å². The maximum absolute atomic E-state index is 11.6. The van der Waals surface area contributed by atoms with Gasteiger partial charge < -0.3 is 5.32 Å². The molecule has 1 amide bonds. The number of thiazole rings is 1. The molecule has 0 saturated carbocycles. The van der Waals surface area contributed by atoms with E-state index in [1.165, 1.54) is 11.3 Å². The molecule has 0 bridgehead atoms. The Balaban J connectivity index is 2.36. The summed E-state index contributed by atoms with van der Waals surface area (Å²) in [6.07, 6.45) is 2.53. The van der Waals surface area contributed by atoms with E-state index in [1.807, 2.05) is 6.92 Å². The smallest absolute Gasteiger partial charge is 0.263 e. The highest BCUT2D eigenvalue weighted by molar-refractivity contribution is 7.13. The summed E-state index contributed by atoms with van der Waals surface area (Å²) in [5, 5.41) is 3.78. The van der Waals surface area contributed by atoms with Crippen molar-refractivity contribution in [2.24, 2.45) is 5.92 Å². The van der Waals surface area contributed by atoms with Crippen LogP contribution < -0.4 is 5.32 Å². The van der Waals surface area contributed by atoms with Crippen LogP contribution >= 0.6 is 22.9 Å². The molecule has 1 rings (SSSR count). The van der Waals surface area contributed by atoms with Gasteiger partial charge in [0.15, 0.2) is 0 Å². The lowest BCUT2D eigenvalue weighted by Crippen LogP contribution is -2.27. The number of amides is 1. The third-order valence-corrected chi connectivity index (χ3v) is 3.19. The van der Waals surface area contributed by atoms with Crippen LogP contribution in [0.2, 0.25) is 0 Å². The van der Waals surface area contributed by atoms with Gasteiger partial charge in [-0.15, -0.1) is 22.9 Å². The van der Waals surface area contributed by atoms with E-state index in [-0.39, 0.29) is 5.91 Å². The Kier molecular flexibility index (Phi) is 5.05. The number of halogens is 1. The number of carbonyl (C=O) groups excluding carboxylic acids is 1. The number of hydrogen-bond donors (Lipinski definition) is 1. The van der Waals surface area contributed by atoms with E-state index in [2.05, 4.69) is 17.2 Å². The molecule has 0 fully saturated rings. The van der Waals surface area contributed by atoms with Crippen molar-refractivity contribution in [1.29, 1.82) is 0 Å². The predicted octanol–water partition coefficient (Wildman–Crippen LogP) is 2.45. The third-order valence-electron chi connectivity index (χ3n) is 2.06. The number of nitrogens with one attached hydrogen (secondary N) is 1. The van der Waals surface area contributed by atoms with Crippen molar-refractivity contribution < 1.29 is 4.79 Å². The van der Waals surface area contributed by atoms with E-state index in [4.69, 9.17) is 11.6 Å². The van der Waals surface area contributed by atoms with Gasteiger partial charge in [-0.3, -0.25) is 4.79 Å². The van der Waals surface area contributed by atoms with Crippen LogP contribution in [0.1, 0.15) is 28.0 Å². The molecule has 1 unspecified atom stereocenters. The minimum Gasteiger partial charge on any atom is -0.351 e. The highest BCUT2D eigenvalue weighted by Gasteiger charge is 2.09. The Bertz CT molecular complexity index is 327. The zero-order valence-corrected chi connectivity index (χ0v) is 10.5. The molecule has 0 aliphatic rings. The lowest BCUT2D eigenvalue weighted by molar-refractivity contribution is 0.0951. The topological polar surface area (TPSA) is 42.0 Å². The number of aromatic nitrogens is 1. The fraction of sp³-hybridized carbons (Fsp3) is 0.600. The Hall–Kier alpha value is -0.610. The fourth-order valence-electron chi connectivity index (χ4n) is 1.11. The Morgan fingerprint density at radius 1 is 1.73 bits per heavy atom. The molecule has 0 saturated heterocycles. The Morgan fingerprint density at radius 2 is 2.47 bits per heavy atom. The average molecular weight is 247 g/mol. The molecule has 1 aromatic rings. The van der Waals surface area contributed by atoms with Gasteiger partial charge in [0.25, 0.3) is 5.91 Å². The van der Waals surface area contributed by atoms with E-state index in [9.17, 15) is 4.79 Å². The van der Waals surface area contributed by atoms with Gasteiger partial charge >= 0.3 is 0 Å². The summed E-state index contributed by atoms with van der Waals surface area (Å²) in [6.45, 7) is 4.63. The van der Waals surface area contributed by atoms with Gasteiger partial charge in [-0.2, -0.15) is 0 Å². The van der Waals surface area contributed by atoms with Crippen LogP contribution in [-0.2, 0) is 0 Å². The van der Waals surface area contributed by atoms with E-state index in [0.29, 0.717) is 23.2 Å². The van der Waals surface area contributed by atoms with Crippen molar-refractivity contribution in [3.63, 3.8) is 0 Å². The minimum absolute atomic E-state index is 0.0398. The average Bonchev–Trinajstić information content (AvgIpc) is 2.62. The highest BCUT2D eigenvalue weighted by atomic mass is 35.5. The highest BCUT2D eigenvalue weighted by Crippen LogP contribution is 2.11. The standard InChI is InChI=1S/C10H15ClN2OS/c1-7(3-4-11)5-13-10(14)9-6-12-8(2)15-9/h6-7H,3-5H2,1-2H3,(H,13,14). The van der Waals surface area contributed by atoms with Crippen LogP contribution in [-0.4, -0.2) is 23.3 Å². The van der Waals surface area contributed by atoms with E-state index >= 15 is 0 Å². The molecule has 15 heavy (non-hydrogen) atoms. The summed E-state index contributed by atoms with van der Waals surface area (Å²) >= 11 is 7.02. The second-order valence-electron chi connectivity index (χ2n) is 3.54. The molecule has 0 aliphatic carbocycles. The molecule has 0 aromatic carbocycles. The molecule has 1 atom stereocenters. The molecule has 3 nitrogen and oxygen atoms in total. The maximum Gasteiger partial charge on any atom is 0.263 e. The van der Waals surface area contributed by atoms with Crippen LogP contribution in [0.25, 0.3) is 0 Å². The largest absolute Gasteiger partial charge is 0.351 e. The van der Waals surface area contributed by atoms with Gasteiger partial charge in [-0.05, 0) is 19.3 Å². The molecule has 1 N–H and O–H groups in total. The molecule has 0 aliphatic heterocycles. The van der Waals surface area contributed by atoms with Gasteiger partial charge in [0.2, 0.25) is 0 Å². The molecule has 5 heteroatoms. The van der Waals surface area contributed by atoms with Gasteiger partial charge in [-0.1, -0.05) is 6.92 Å². The third kappa shape index (κ3) is 4.18. The first-order valence-electron chi connectivity index (χ1n) is 4.90. The van der Waals surface area contributed by atoms with E-state index < -0.39 is 0 Å². The normalized spacial score (nSPS) is 12.5. The molecular weight excluding hydrogens is 232 g/mol. The first-order chi connectivity index (χ1) is 7.13. The summed E-state index contributed by atoms with van der Waals surface area (Å²) in [4.78, 5) is 16.3. The van der Waals surface area contributed by atoms with Crippen molar-refractivity contribution in [1.82, 2.24) is 10.3 Å². The molecular formula is C10H15ClN2OS. The first kappa shape index (κ1) is 12.5. The minimum atomic E-state index is -0.0398. The van der Waals surface area contributed by atoms with Gasteiger partial charge in [0, 0.05) is 12.4 Å². The van der Waals surface area contributed by atoms with Crippen LogP contribution in [0.3, 0.4) is 0 Å². The zero-order chi connectivity index (χ0) is 11.3. The number of carbonyl (C=O) groups is 1. The summed E-state index contributed by atoms with van der Waals surface area (Å²) in [5.41, 5.74) is 0. The van der Waals surface area contributed by atoms with Crippen molar-refractivity contribution in [2.75, 3.05) is 12.4 Å². The number of hydrogen-bond acceptors (Lipinski definition) is 3. The first-order valence-corrected chi connectivity index (χ1v) is 6.25. The molecule has 84 valence electrons. The molecule has 0 radical (unpaired) electrons. The quantitative estimate of drug-likeness (QED) is 0.811. The molecule has 0 spiro atoms. The summed E-state index contributed by atoms with van der Waals surface area (Å²) < 4.78 is 0. The number of rotatable bonds is 5. The van der Waals surface area contributed by atoms with Crippen molar-refractivity contribution in [3.8, 4) is 0 Å². The second-order valence-corrected chi connectivity index (χ2v) is 5.15. The van der Waals surface area contributed by atoms with Crippen molar-refractivity contribution in [3.05, 3.63) is 16.1 Å². The lowest BCUT2D eigenvalue weighted by Gasteiger charge is -2.09. The van der Waals surface area contributed by atoms with Crippen molar-refractivity contribution >= 4 is 28.8 Å². The summed E-state index contributed by atoms with van der Waals surface area (Å²) in [6, 6.07) is 0. The van der Waals surface area contributed by atoms with Crippen LogP contribution in [0.5, 0.6) is 0 Å². The Morgan fingerprint density at radius 3 is 3.00 bits per heavy atom. The number of nitrogens with zero attached hydrogens (tertiary/aromatic N) is 1. The molecule has 1 heterocycles. The van der Waals surface area contributed by atoms with E-state index in [0.717, 1.165) is 11.4 Å². The fourth-order valence-corrected chi connectivity index (χ4v) is 2.18. The SMILES string of the molecule is Cc1ncc(C(=O)NCC(C)CCCl)s1. The summed E-state index contributed by atoms with van der Waals surface area (Å²) in [7, 11) is 0. The van der Waals surface area contributed by atoms with Crippen LogP contribution in [0.15, 0.2) is 6.20 Å². The van der Waals surface area contributed by atoms with E-state index in [1.54, 1.807) is 6.20 Å². The van der Waals surface area contributed by atoms with Gasteiger partial charge in [-0.25, -0.2) is 4.98 Å². The second kappa shape index (κ2) is 6.08. The van der Waals surface area contributed by atoms with Gasteiger partial charge in [0.1, 0.15) is 4.88 Å².